The summed E-state index contributed by atoms with van der Waals surface area (Å²) in [5.41, 5.74) is 6.81. The minimum atomic E-state index is -3.30. The van der Waals surface area contributed by atoms with Crippen LogP contribution in [0, 0.1) is 11.8 Å². The molecule has 1 aromatic carbocycles. The summed E-state index contributed by atoms with van der Waals surface area (Å²) < 4.78 is 26.4. The van der Waals surface area contributed by atoms with E-state index < -0.39 is 15.9 Å². The second-order valence-corrected chi connectivity index (χ2v) is 9.22. The molecule has 2 saturated heterocycles. The Kier molecular flexibility index (Phi) is 4.39. The first-order chi connectivity index (χ1) is 12.8. The molecular formula is C19H22N4O3S. The number of primary amides is 1. The molecule has 27 heavy (non-hydrogen) atoms. The van der Waals surface area contributed by atoms with Crippen molar-refractivity contribution >= 4 is 21.7 Å². The molecule has 142 valence electrons. The van der Waals surface area contributed by atoms with E-state index in [4.69, 9.17) is 5.73 Å². The van der Waals surface area contributed by atoms with Crippen molar-refractivity contribution in [1.82, 2.24) is 9.29 Å². The highest BCUT2D eigenvalue weighted by Gasteiger charge is 2.50. The molecule has 1 amide bonds. The molecule has 3 atom stereocenters. The van der Waals surface area contributed by atoms with Crippen molar-refractivity contribution in [2.75, 3.05) is 30.8 Å². The number of carbonyl (C=O) groups excluding carboxylic acids is 1. The zero-order chi connectivity index (χ0) is 19.2. The zero-order valence-electron chi connectivity index (χ0n) is 15.0. The Bertz CT molecular complexity index is 964. The Balaban J connectivity index is 1.65. The Morgan fingerprint density at radius 3 is 2.56 bits per heavy atom. The number of nitrogens with zero attached hydrogens (tertiary/aromatic N) is 3. The summed E-state index contributed by atoms with van der Waals surface area (Å²) in [6.45, 7) is 1.88. The van der Waals surface area contributed by atoms with Crippen LogP contribution in [0.25, 0.3) is 0 Å². The van der Waals surface area contributed by atoms with Crippen molar-refractivity contribution in [3.05, 3.63) is 59.8 Å². The number of sulfonamides is 1. The summed E-state index contributed by atoms with van der Waals surface area (Å²) in [4.78, 5) is 18.0. The van der Waals surface area contributed by atoms with E-state index in [9.17, 15) is 13.2 Å². The maximum Gasteiger partial charge on any atom is 0.248 e. The quantitative estimate of drug-likeness (QED) is 0.853. The smallest absolute Gasteiger partial charge is 0.248 e. The van der Waals surface area contributed by atoms with Gasteiger partial charge in [-0.05, 0) is 23.6 Å². The van der Waals surface area contributed by atoms with Crippen molar-refractivity contribution in [3.8, 4) is 0 Å². The molecule has 4 rings (SSSR count). The number of aromatic nitrogens is 1. The molecule has 0 spiro atoms. The van der Waals surface area contributed by atoms with Gasteiger partial charge in [0.05, 0.1) is 12.3 Å². The van der Waals surface area contributed by atoms with Crippen molar-refractivity contribution in [2.24, 2.45) is 17.6 Å². The number of benzene rings is 1. The van der Waals surface area contributed by atoms with E-state index in [1.165, 1.54) is 6.26 Å². The fourth-order valence-corrected chi connectivity index (χ4v) is 5.50. The average Bonchev–Trinajstić information content (AvgIpc) is 3.20. The minimum Gasteiger partial charge on any atom is -0.366 e. The van der Waals surface area contributed by atoms with Crippen LogP contribution >= 0.6 is 0 Å². The molecule has 2 aliphatic heterocycles. The predicted molar refractivity (Wildman–Crippen MR) is 103 cm³/mol. The molecule has 1 aromatic heterocycles. The lowest BCUT2D eigenvalue weighted by Gasteiger charge is -2.28. The van der Waals surface area contributed by atoms with Crippen LogP contribution in [0.15, 0.2) is 48.7 Å². The molecule has 2 aliphatic rings. The van der Waals surface area contributed by atoms with Crippen LogP contribution in [-0.2, 0) is 10.0 Å². The monoisotopic (exact) mass is 386 g/mol. The number of carbonyl (C=O) groups is 1. The Morgan fingerprint density at radius 1 is 1.15 bits per heavy atom. The standard InChI is InChI=1S/C19H22N4O3S/c1-27(25,26)23-11-15-10-22(17-9-14(19(20)24)7-8-21-17)12-16(15)18(23)13-5-3-2-4-6-13/h2-9,15-16,18H,10-12H2,1H3,(H2,20,24)/t15-,16-,18+/m1/s1. The van der Waals surface area contributed by atoms with Crippen LogP contribution in [0.1, 0.15) is 22.0 Å². The van der Waals surface area contributed by atoms with E-state index >= 15 is 0 Å². The van der Waals surface area contributed by atoms with Gasteiger partial charge in [0.2, 0.25) is 15.9 Å². The largest absolute Gasteiger partial charge is 0.366 e. The van der Waals surface area contributed by atoms with Gasteiger partial charge >= 0.3 is 0 Å². The van der Waals surface area contributed by atoms with Gasteiger partial charge in [-0.15, -0.1) is 0 Å². The lowest BCUT2D eigenvalue weighted by molar-refractivity contribution is 0.1000. The van der Waals surface area contributed by atoms with Gasteiger partial charge < -0.3 is 10.6 Å². The van der Waals surface area contributed by atoms with Crippen LogP contribution in [0.3, 0.4) is 0 Å². The number of amides is 1. The van der Waals surface area contributed by atoms with E-state index in [-0.39, 0.29) is 17.9 Å². The fraction of sp³-hybridized carbons (Fsp3) is 0.368. The lowest BCUT2D eigenvalue weighted by Crippen LogP contribution is -2.35. The molecule has 2 fully saturated rings. The molecule has 7 nitrogen and oxygen atoms in total. The van der Waals surface area contributed by atoms with Gasteiger partial charge in [-0.3, -0.25) is 4.79 Å². The van der Waals surface area contributed by atoms with Crippen LogP contribution in [-0.4, -0.2) is 49.5 Å². The number of fused-ring (bicyclic) bond motifs is 1. The second kappa shape index (κ2) is 6.61. The molecular weight excluding hydrogens is 364 g/mol. The van der Waals surface area contributed by atoms with Gasteiger partial charge in [0.15, 0.2) is 0 Å². The highest BCUT2D eigenvalue weighted by molar-refractivity contribution is 7.88. The third-order valence-corrected chi connectivity index (χ3v) is 6.77. The van der Waals surface area contributed by atoms with Gasteiger partial charge in [-0.1, -0.05) is 30.3 Å². The first-order valence-electron chi connectivity index (χ1n) is 8.87. The molecule has 3 heterocycles. The summed E-state index contributed by atoms with van der Waals surface area (Å²) in [6.07, 6.45) is 2.86. The maximum absolute atomic E-state index is 12.4. The number of pyridine rings is 1. The first kappa shape index (κ1) is 17.9. The zero-order valence-corrected chi connectivity index (χ0v) is 15.8. The van der Waals surface area contributed by atoms with Crippen LogP contribution in [0.4, 0.5) is 5.82 Å². The SMILES string of the molecule is CS(=O)(=O)N1C[C@H]2CN(c3cc(C(N)=O)ccn3)C[C@H]2[C@@H]1c1ccccc1. The van der Waals surface area contributed by atoms with E-state index in [0.717, 1.165) is 5.56 Å². The van der Waals surface area contributed by atoms with E-state index in [1.54, 1.807) is 22.6 Å². The van der Waals surface area contributed by atoms with Crippen molar-refractivity contribution < 1.29 is 13.2 Å². The van der Waals surface area contributed by atoms with Crippen molar-refractivity contribution in [2.45, 2.75) is 6.04 Å². The summed E-state index contributed by atoms with van der Waals surface area (Å²) in [5.74, 6) is 0.604. The van der Waals surface area contributed by atoms with Gasteiger partial charge in [0.25, 0.3) is 0 Å². The molecule has 0 unspecified atom stereocenters. The third-order valence-electron chi connectivity index (χ3n) is 5.54. The summed E-state index contributed by atoms with van der Waals surface area (Å²) in [5, 5.41) is 0. The van der Waals surface area contributed by atoms with Gasteiger partial charge in [-0.2, -0.15) is 4.31 Å². The van der Waals surface area contributed by atoms with Crippen molar-refractivity contribution in [1.29, 1.82) is 0 Å². The predicted octanol–water partition coefficient (Wildman–Crippen LogP) is 1.25. The van der Waals surface area contributed by atoms with Gasteiger partial charge in [0.1, 0.15) is 5.82 Å². The van der Waals surface area contributed by atoms with Crippen LogP contribution in [0.2, 0.25) is 0 Å². The second-order valence-electron chi connectivity index (χ2n) is 7.28. The Morgan fingerprint density at radius 2 is 1.89 bits per heavy atom. The molecule has 0 saturated carbocycles. The topological polar surface area (TPSA) is 96.6 Å². The lowest BCUT2D eigenvalue weighted by atomic mass is 9.90. The third kappa shape index (κ3) is 3.30. The average molecular weight is 386 g/mol. The number of hydrogen-bond donors (Lipinski definition) is 1. The normalized spacial score (nSPS) is 25.5. The molecule has 0 radical (unpaired) electrons. The van der Waals surface area contributed by atoms with E-state index in [2.05, 4.69) is 9.88 Å². The van der Waals surface area contributed by atoms with Gasteiger partial charge in [-0.25, -0.2) is 13.4 Å². The molecule has 2 N–H and O–H groups in total. The van der Waals surface area contributed by atoms with E-state index in [1.807, 2.05) is 30.3 Å². The van der Waals surface area contributed by atoms with Crippen molar-refractivity contribution in [3.63, 3.8) is 0 Å². The number of nitrogens with two attached hydrogens (primary N) is 1. The number of hydrogen-bond acceptors (Lipinski definition) is 5. The summed E-state index contributed by atoms with van der Waals surface area (Å²) >= 11 is 0. The molecule has 0 bridgehead atoms. The first-order valence-corrected chi connectivity index (χ1v) is 10.7. The Hall–Kier alpha value is -2.45. The highest BCUT2D eigenvalue weighted by atomic mass is 32.2. The van der Waals surface area contributed by atoms with E-state index in [0.29, 0.717) is 31.0 Å². The van der Waals surface area contributed by atoms with Crippen LogP contribution < -0.4 is 10.6 Å². The maximum atomic E-state index is 12.4. The molecule has 0 aliphatic carbocycles. The Labute approximate surface area is 158 Å². The molecule has 8 heteroatoms. The highest BCUT2D eigenvalue weighted by Crippen LogP contribution is 2.46. The fourth-order valence-electron chi connectivity index (χ4n) is 4.34. The number of rotatable bonds is 4. The number of anilines is 1. The van der Waals surface area contributed by atoms with Crippen LogP contribution in [0.5, 0.6) is 0 Å². The minimum absolute atomic E-state index is 0.168. The summed E-state index contributed by atoms with van der Waals surface area (Å²) in [7, 11) is -3.30. The van der Waals surface area contributed by atoms with Gasteiger partial charge in [0, 0.05) is 37.3 Å². The molecule has 2 aromatic rings. The summed E-state index contributed by atoms with van der Waals surface area (Å²) in [6, 6.07) is 12.9.